The van der Waals surface area contributed by atoms with Crippen molar-refractivity contribution in [1.29, 1.82) is 0 Å². The molecule has 0 spiro atoms. The zero-order chi connectivity index (χ0) is 14.8. The number of rotatable bonds is 5. The average Bonchev–Trinajstić information content (AvgIpc) is 2.36. The van der Waals surface area contributed by atoms with Gasteiger partial charge in [0.05, 0.1) is 4.90 Å². The molecule has 1 aromatic carbocycles. The van der Waals surface area contributed by atoms with Gasteiger partial charge in [-0.1, -0.05) is 46.8 Å². The molecule has 1 aromatic rings. The molecule has 0 aromatic heterocycles. The number of hydrogen-bond acceptors (Lipinski definition) is 2. The first kappa shape index (κ1) is 16.2. The average molecular weight is 284 g/mol. The summed E-state index contributed by atoms with van der Waals surface area (Å²) in [5.41, 5.74) is 1.57. The Morgan fingerprint density at radius 3 is 2.11 bits per heavy atom. The Hall–Kier alpha value is -0.870. The molecule has 0 aliphatic rings. The maximum atomic E-state index is 11.6. The molecule has 0 saturated carbocycles. The molecule has 0 atom stereocenters. The fraction of sp³-hybridized carbons (Fsp3) is 0.600. The first-order valence-corrected chi connectivity index (χ1v) is 8.21. The highest BCUT2D eigenvalue weighted by atomic mass is 32.2. The van der Waals surface area contributed by atoms with Crippen molar-refractivity contribution in [3.63, 3.8) is 0 Å². The van der Waals surface area contributed by atoms with E-state index in [0.29, 0.717) is 5.56 Å². The third kappa shape index (κ3) is 3.37. The van der Waals surface area contributed by atoms with Crippen molar-refractivity contribution in [2.24, 2.45) is 0 Å². The van der Waals surface area contributed by atoms with E-state index in [9.17, 15) is 13.0 Å². The second-order valence-electron chi connectivity index (χ2n) is 5.65. The van der Waals surface area contributed by atoms with Gasteiger partial charge in [0.2, 0.25) is 0 Å². The summed E-state index contributed by atoms with van der Waals surface area (Å²) in [6.07, 6.45) is 1.85. The Labute approximate surface area is 116 Å². The minimum absolute atomic E-state index is 0.0492. The van der Waals surface area contributed by atoms with E-state index in [-0.39, 0.29) is 16.2 Å². The van der Waals surface area contributed by atoms with Gasteiger partial charge in [-0.3, -0.25) is 4.55 Å². The topological polar surface area (TPSA) is 54.4 Å². The minimum atomic E-state index is -4.18. The van der Waals surface area contributed by atoms with Gasteiger partial charge in [-0.15, -0.1) is 0 Å². The van der Waals surface area contributed by atoms with Crippen molar-refractivity contribution in [2.45, 2.75) is 63.7 Å². The van der Waals surface area contributed by atoms with Gasteiger partial charge >= 0.3 is 0 Å². The zero-order valence-corrected chi connectivity index (χ0v) is 13.2. The second kappa shape index (κ2) is 5.63. The summed E-state index contributed by atoms with van der Waals surface area (Å²) in [6.45, 7) is 10.1. The highest BCUT2D eigenvalue weighted by Gasteiger charge is 2.26. The van der Waals surface area contributed by atoms with Crippen molar-refractivity contribution in [2.75, 3.05) is 0 Å². The van der Waals surface area contributed by atoms with Gasteiger partial charge in [-0.2, -0.15) is 8.42 Å². The van der Waals surface area contributed by atoms with Crippen LogP contribution >= 0.6 is 0 Å². The van der Waals surface area contributed by atoms with E-state index in [1.165, 1.54) is 0 Å². The Balaban J connectivity index is 3.51. The monoisotopic (exact) mass is 284 g/mol. The van der Waals surface area contributed by atoms with E-state index in [1.54, 1.807) is 6.07 Å². The lowest BCUT2D eigenvalue weighted by Crippen LogP contribution is -2.20. The fourth-order valence-corrected chi connectivity index (χ4v) is 3.15. The molecule has 0 aliphatic heterocycles. The van der Waals surface area contributed by atoms with Crippen LogP contribution in [0.1, 0.15) is 64.5 Å². The van der Waals surface area contributed by atoms with Crippen molar-refractivity contribution in [3.8, 4) is 0 Å². The fourth-order valence-electron chi connectivity index (χ4n) is 2.27. The van der Waals surface area contributed by atoms with Crippen LogP contribution in [0.3, 0.4) is 0 Å². The van der Waals surface area contributed by atoms with E-state index in [0.717, 1.165) is 18.4 Å². The SMILES string of the molecule is CCC(C)(CC)c1ccc(C(C)C)c(S(=O)(=O)O)c1. The maximum Gasteiger partial charge on any atom is 0.294 e. The van der Waals surface area contributed by atoms with Crippen LogP contribution in [0, 0.1) is 0 Å². The molecule has 0 unspecified atom stereocenters. The predicted molar refractivity (Wildman–Crippen MR) is 78.3 cm³/mol. The quantitative estimate of drug-likeness (QED) is 0.827. The summed E-state index contributed by atoms with van der Waals surface area (Å²) >= 11 is 0. The Kier molecular flexibility index (Phi) is 4.80. The van der Waals surface area contributed by atoms with Gasteiger partial charge in [0, 0.05) is 0 Å². The van der Waals surface area contributed by atoms with Gasteiger partial charge in [0.1, 0.15) is 0 Å². The standard InChI is InChI=1S/C15H24O3S/c1-6-15(5,7-2)12-8-9-13(11(3)4)14(10-12)19(16,17)18/h8-11H,6-7H2,1-5H3,(H,16,17,18). The Morgan fingerprint density at radius 1 is 1.21 bits per heavy atom. The second-order valence-corrected chi connectivity index (χ2v) is 7.04. The van der Waals surface area contributed by atoms with E-state index in [2.05, 4.69) is 20.8 Å². The summed E-state index contributed by atoms with van der Waals surface area (Å²) in [5, 5.41) is 0. The van der Waals surface area contributed by atoms with Crippen LogP contribution in [0.5, 0.6) is 0 Å². The van der Waals surface area contributed by atoms with Crippen LogP contribution in [0.2, 0.25) is 0 Å². The molecule has 0 amide bonds. The van der Waals surface area contributed by atoms with E-state index in [4.69, 9.17) is 0 Å². The molecule has 108 valence electrons. The summed E-state index contributed by atoms with van der Waals surface area (Å²) in [6, 6.07) is 5.45. The molecule has 0 radical (unpaired) electrons. The van der Waals surface area contributed by atoms with E-state index >= 15 is 0 Å². The highest BCUT2D eigenvalue weighted by Crippen LogP contribution is 2.34. The Morgan fingerprint density at radius 2 is 1.74 bits per heavy atom. The molecule has 19 heavy (non-hydrogen) atoms. The van der Waals surface area contributed by atoms with Crippen LogP contribution in [0.25, 0.3) is 0 Å². The highest BCUT2D eigenvalue weighted by molar-refractivity contribution is 7.85. The van der Waals surface area contributed by atoms with Crippen LogP contribution in [-0.4, -0.2) is 13.0 Å². The molecule has 0 saturated heterocycles. The van der Waals surface area contributed by atoms with Crippen molar-refractivity contribution >= 4 is 10.1 Å². The van der Waals surface area contributed by atoms with Crippen molar-refractivity contribution in [3.05, 3.63) is 29.3 Å². The van der Waals surface area contributed by atoms with Gasteiger partial charge in [0.25, 0.3) is 10.1 Å². The van der Waals surface area contributed by atoms with Gasteiger partial charge in [-0.25, -0.2) is 0 Å². The van der Waals surface area contributed by atoms with E-state index < -0.39 is 10.1 Å². The first-order valence-electron chi connectivity index (χ1n) is 6.77. The maximum absolute atomic E-state index is 11.6. The van der Waals surface area contributed by atoms with E-state index in [1.807, 2.05) is 26.0 Å². The predicted octanol–water partition coefficient (Wildman–Crippen LogP) is 4.13. The number of benzene rings is 1. The summed E-state index contributed by atoms with van der Waals surface area (Å²) < 4.78 is 32.6. The lowest BCUT2D eigenvalue weighted by atomic mass is 9.77. The Bertz CT molecular complexity index is 541. The third-order valence-electron chi connectivity index (χ3n) is 4.17. The van der Waals surface area contributed by atoms with Gasteiger partial charge in [0.15, 0.2) is 0 Å². The van der Waals surface area contributed by atoms with Gasteiger partial charge in [-0.05, 0) is 41.4 Å². The van der Waals surface area contributed by atoms with Crippen LogP contribution in [0.15, 0.2) is 23.1 Å². The molecular weight excluding hydrogens is 260 g/mol. The van der Waals surface area contributed by atoms with Crippen LogP contribution < -0.4 is 0 Å². The molecule has 3 nitrogen and oxygen atoms in total. The molecule has 0 bridgehead atoms. The molecule has 0 heterocycles. The normalized spacial score (nSPS) is 13.0. The molecule has 4 heteroatoms. The molecule has 1 N–H and O–H groups in total. The zero-order valence-electron chi connectivity index (χ0n) is 12.4. The largest absolute Gasteiger partial charge is 0.294 e. The summed E-state index contributed by atoms with van der Waals surface area (Å²) in [7, 11) is -4.18. The molecular formula is C15H24O3S. The first-order chi connectivity index (χ1) is 8.65. The van der Waals surface area contributed by atoms with Crippen LogP contribution in [-0.2, 0) is 15.5 Å². The molecule has 0 aliphatic carbocycles. The third-order valence-corrected chi connectivity index (χ3v) is 5.08. The van der Waals surface area contributed by atoms with Crippen LogP contribution in [0.4, 0.5) is 0 Å². The van der Waals surface area contributed by atoms with Crippen molar-refractivity contribution < 1.29 is 13.0 Å². The molecule has 1 rings (SSSR count). The lowest BCUT2D eigenvalue weighted by Gasteiger charge is -2.28. The summed E-state index contributed by atoms with van der Waals surface area (Å²) in [4.78, 5) is 0.0492. The lowest BCUT2D eigenvalue weighted by molar-refractivity contribution is 0.436. The van der Waals surface area contributed by atoms with Crippen molar-refractivity contribution in [1.82, 2.24) is 0 Å². The summed E-state index contributed by atoms with van der Waals surface area (Å²) in [5.74, 6) is 0.0560. The number of hydrogen-bond donors (Lipinski definition) is 1. The molecule has 0 fully saturated rings. The van der Waals surface area contributed by atoms with Gasteiger partial charge < -0.3 is 0 Å². The smallest absolute Gasteiger partial charge is 0.282 e. The minimum Gasteiger partial charge on any atom is -0.282 e.